The fourth-order valence-corrected chi connectivity index (χ4v) is 4.62. The first-order valence-corrected chi connectivity index (χ1v) is 11.6. The minimum Gasteiger partial charge on any atom is -0.389 e. The number of aromatic nitrogens is 1. The van der Waals surface area contributed by atoms with Gasteiger partial charge in [0.2, 0.25) is 17.9 Å². The lowest BCUT2D eigenvalue weighted by Crippen LogP contribution is -2.46. The molecule has 36 heavy (non-hydrogen) atoms. The van der Waals surface area contributed by atoms with Crippen molar-refractivity contribution < 1.29 is 28.3 Å². The van der Waals surface area contributed by atoms with E-state index < -0.39 is 35.9 Å². The molecule has 2 N–H and O–H groups in total. The van der Waals surface area contributed by atoms with Crippen LogP contribution in [-0.2, 0) is 27.5 Å². The molecule has 2 aromatic carbocycles. The molecule has 3 atom stereocenters. The van der Waals surface area contributed by atoms with Crippen LogP contribution < -0.4 is 5.32 Å². The summed E-state index contributed by atoms with van der Waals surface area (Å²) in [5, 5.41) is 13.3. The molecule has 3 aromatic rings. The molecule has 1 aliphatic rings. The molecule has 8 nitrogen and oxygen atoms in total. The van der Waals surface area contributed by atoms with Crippen molar-refractivity contribution in [2.45, 2.75) is 44.8 Å². The van der Waals surface area contributed by atoms with E-state index >= 15 is 0 Å². The van der Waals surface area contributed by atoms with Crippen molar-refractivity contribution in [3.8, 4) is 0 Å². The highest BCUT2D eigenvalue weighted by Gasteiger charge is 2.39. The SMILES string of the molecule is CC(O)c1cn(CC(=O)N2C[C@H](F)C[C@H]2C(=O)NCc2cccc(Cl)c2F)c2ccc(N=C=O)cc12. The summed E-state index contributed by atoms with van der Waals surface area (Å²) in [4.78, 5) is 41.4. The van der Waals surface area contributed by atoms with Crippen LogP contribution in [0.15, 0.2) is 47.6 Å². The number of rotatable bonds is 7. The smallest absolute Gasteiger partial charge is 0.243 e. The average molecular weight is 517 g/mol. The zero-order chi connectivity index (χ0) is 26.0. The molecule has 1 fully saturated rings. The number of amides is 2. The first-order chi connectivity index (χ1) is 17.2. The van der Waals surface area contributed by atoms with Gasteiger partial charge in [-0.1, -0.05) is 23.7 Å². The van der Waals surface area contributed by atoms with Crippen LogP contribution in [0.4, 0.5) is 14.5 Å². The van der Waals surface area contributed by atoms with Gasteiger partial charge in [0.15, 0.2) is 0 Å². The number of likely N-dealkylation sites (tertiary alicyclic amines) is 1. The van der Waals surface area contributed by atoms with E-state index in [2.05, 4.69) is 10.3 Å². The van der Waals surface area contributed by atoms with Crippen molar-refractivity contribution in [2.24, 2.45) is 4.99 Å². The molecule has 4 rings (SSSR count). The number of aliphatic imine (C=N–C) groups is 1. The number of hydrogen-bond acceptors (Lipinski definition) is 5. The molecule has 1 saturated heterocycles. The zero-order valence-electron chi connectivity index (χ0n) is 19.2. The van der Waals surface area contributed by atoms with Gasteiger partial charge in [-0.25, -0.2) is 13.6 Å². The predicted molar refractivity (Wildman–Crippen MR) is 129 cm³/mol. The summed E-state index contributed by atoms with van der Waals surface area (Å²) >= 11 is 5.77. The molecule has 0 bridgehead atoms. The molecule has 11 heteroatoms. The number of alkyl halides is 1. The second kappa shape index (κ2) is 10.6. The Morgan fingerprint density at radius 2 is 2.11 bits per heavy atom. The molecule has 1 aromatic heterocycles. The van der Waals surface area contributed by atoms with Gasteiger partial charge in [0.05, 0.1) is 23.4 Å². The molecule has 2 heterocycles. The third-order valence-corrected chi connectivity index (χ3v) is 6.48. The van der Waals surface area contributed by atoms with Crippen LogP contribution in [0.3, 0.4) is 0 Å². The largest absolute Gasteiger partial charge is 0.389 e. The summed E-state index contributed by atoms with van der Waals surface area (Å²) in [5.74, 6) is -1.74. The van der Waals surface area contributed by atoms with E-state index in [1.165, 1.54) is 23.1 Å². The normalized spacial score (nSPS) is 18.2. The Morgan fingerprint density at radius 3 is 2.83 bits per heavy atom. The van der Waals surface area contributed by atoms with Gasteiger partial charge in [-0.05, 0) is 31.2 Å². The van der Waals surface area contributed by atoms with E-state index in [1.807, 2.05) is 0 Å². The first-order valence-electron chi connectivity index (χ1n) is 11.2. The summed E-state index contributed by atoms with van der Waals surface area (Å²) in [6.45, 7) is 0.947. The van der Waals surface area contributed by atoms with Crippen molar-refractivity contribution in [1.29, 1.82) is 0 Å². The summed E-state index contributed by atoms with van der Waals surface area (Å²) in [7, 11) is 0. The van der Waals surface area contributed by atoms with Gasteiger partial charge in [0.25, 0.3) is 0 Å². The maximum absolute atomic E-state index is 14.3. The number of benzene rings is 2. The Hall–Kier alpha value is -3.59. The Balaban J connectivity index is 1.53. The molecule has 1 unspecified atom stereocenters. The Bertz CT molecular complexity index is 1370. The zero-order valence-corrected chi connectivity index (χ0v) is 20.0. The minimum atomic E-state index is -1.38. The average Bonchev–Trinajstić information content (AvgIpc) is 3.41. The van der Waals surface area contributed by atoms with Crippen LogP contribution in [0.25, 0.3) is 10.9 Å². The van der Waals surface area contributed by atoms with Gasteiger partial charge in [-0.15, -0.1) is 0 Å². The molecule has 0 spiro atoms. The standard InChI is InChI=1S/C25H23ClF2N4O4/c1-14(34)19-11-31(21-6-5-17(30-13-33)8-18(19)21)12-23(35)32-10-16(27)7-22(32)25(36)29-9-15-3-2-4-20(26)24(15)28/h2-6,8,11,14,16,22,34H,7,9-10,12H2,1H3,(H,29,36)/t14?,16-,22+/m1/s1. The number of isocyanates is 1. The number of aliphatic hydroxyl groups is 1. The highest BCUT2D eigenvalue weighted by molar-refractivity contribution is 6.30. The van der Waals surface area contributed by atoms with Crippen molar-refractivity contribution in [3.63, 3.8) is 0 Å². The van der Waals surface area contributed by atoms with E-state index in [1.54, 1.807) is 42.0 Å². The van der Waals surface area contributed by atoms with E-state index in [9.17, 15) is 28.3 Å². The molecule has 0 saturated carbocycles. The second-order valence-corrected chi connectivity index (χ2v) is 9.03. The molecule has 188 valence electrons. The Labute approximate surface area is 210 Å². The lowest BCUT2D eigenvalue weighted by atomic mass is 10.1. The van der Waals surface area contributed by atoms with Gasteiger partial charge >= 0.3 is 0 Å². The van der Waals surface area contributed by atoms with Crippen molar-refractivity contribution in [2.75, 3.05) is 6.54 Å². The van der Waals surface area contributed by atoms with Crippen LogP contribution >= 0.6 is 11.6 Å². The maximum atomic E-state index is 14.3. The van der Waals surface area contributed by atoms with E-state index in [0.29, 0.717) is 22.2 Å². The van der Waals surface area contributed by atoms with Crippen LogP contribution in [0.5, 0.6) is 0 Å². The predicted octanol–water partition coefficient (Wildman–Crippen LogP) is 3.71. The number of hydrogen-bond donors (Lipinski definition) is 2. The lowest BCUT2D eigenvalue weighted by molar-refractivity contribution is -0.139. The third kappa shape index (κ3) is 5.16. The summed E-state index contributed by atoms with van der Waals surface area (Å²) in [6, 6.07) is 8.17. The number of nitrogens with one attached hydrogen (secondary N) is 1. The first kappa shape index (κ1) is 25.5. The second-order valence-electron chi connectivity index (χ2n) is 8.62. The van der Waals surface area contributed by atoms with Gasteiger partial charge in [-0.2, -0.15) is 4.99 Å². The van der Waals surface area contributed by atoms with Crippen LogP contribution in [0, 0.1) is 5.82 Å². The number of fused-ring (bicyclic) bond motifs is 1. The Kier molecular flexibility index (Phi) is 7.49. The highest BCUT2D eigenvalue weighted by Crippen LogP contribution is 2.31. The fourth-order valence-electron chi connectivity index (χ4n) is 4.43. The monoisotopic (exact) mass is 516 g/mol. The summed E-state index contributed by atoms with van der Waals surface area (Å²) in [6.07, 6.45) is 0.638. The van der Waals surface area contributed by atoms with Gasteiger partial charge in [0, 0.05) is 41.2 Å². The van der Waals surface area contributed by atoms with Crippen molar-refractivity contribution in [3.05, 3.63) is 64.6 Å². The van der Waals surface area contributed by atoms with Gasteiger partial charge in [-0.3, -0.25) is 9.59 Å². The van der Waals surface area contributed by atoms with E-state index in [0.717, 1.165) is 0 Å². The highest BCUT2D eigenvalue weighted by atomic mass is 35.5. The third-order valence-electron chi connectivity index (χ3n) is 6.18. The van der Waals surface area contributed by atoms with Gasteiger partial charge < -0.3 is 19.9 Å². The lowest BCUT2D eigenvalue weighted by Gasteiger charge is -2.24. The van der Waals surface area contributed by atoms with Gasteiger partial charge in [0.1, 0.15) is 24.6 Å². The molecule has 1 aliphatic heterocycles. The van der Waals surface area contributed by atoms with E-state index in [-0.39, 0.29) is 36.6 Å². The molecular weight excluding hydrogens is 494 g/mol. The number of nitrogens with zero attached hydrogens (tertiary/aromatic N) is 3. The molecule has 0 radical (unpaired) electrons. The van der Waals surface area contributed by atoms with Crippen molar-refractivity contribution in [1.82, 2.24) is 14.8 Å². The number of halogens is 3. The minimum absolute atomic E-state index is 0.0798. The number of aliphatic hydroxyl groups excluding tert-OH is 1. The summed E-state index contributed by atoms with van der Waals surface area (Å²) in [5.41, 5.74) is 1.63. The maximum Gasteiger partial charge on any atom is 0.243 e. The molecular formula is C25H23ClF2N4O4. The van der Waals surface area contributed by atoms with Crippen LogP contribution in [-0.4, -0.2) is 51.2 Å². The topological polar surface area (TPSA) is 104 Å². The quantitative estimate of drug-likeness (QED) is 0.369. The van der Waals surface area contributed by atoms with Crippen LogP contribution in [0.2, 0.25) is 5.02 Å². The number of carbonyl (C=O) groups excluding carboxylic acids is 3. The van der Waals surface area contributed by atoms with Crippen LogP contribution in [0.1, 0.15) is 30.6 Å². The van der Waals surface area contributed by atoms with E-state index in [4.69, 9.17) is 11.6 Å². The fraction of sp³-hybridized carbons (Fsp3) is 0.320. The Morgan fingerprint density at radius 1 is 1.33 bits per heavy atom. The van der Waals surface area contributed by atoms with Crippen molar-refractivity contribution >= 4 is 46.1 Å². The summed E-state index contributed by atoms with van der Waals surface area (Å²) < 4.78 is 30.0. The molecule has 2 amide bonds. The number of carbonyl (C=O) groups is 2. The molecule has 0 aliphatic carbocycles.